The van der Waals surface area contributed by atoms with E-state index in [9.17, 15) is 36.2 Å². The number of aromatic nitrogens is 2. The fourth-order valence-corrected chi connectivity index (χ4v) is 2.38. The number of carbonyl (C=O) groups is 1. The number of hydrogen-bond acceptors (Lipinski definition) is 3. The predicted molar refractivity (Wildman–Crippen MR) is 76.9 cm³/mol. The summed E-state index contributed by atoms with van der Waals surface area (Å²) in [5.74, 6) is -1.21. The summed E-state index contributed by atoms with van der Waals surface area (Å²) in [6.07, 6.45) is -10.6. The van der Waals surface area contributed by atoms with Gasteiger partial charge in [0.05, 0.1) is 23.4 Å². The summed E-state index contributed by atoms with van der Waals surface area (Å²) in [6.45, 7) is -0.710. The molecular formula is C15H13F6N3O2. The number of alkyl halides is 6. The second kappa shape index (κ2) is 6.98. The van der Waals surface area contributed by atoms with Crippen LogP contribution >= 0.6 is 0 Å². The fourth-order valence-electron chi connectivity index (χ4n) is 2.38. The number of benzene rings is 1. The van der Waals surface area contributed by atoms with E-state index in [1.54, 1.807) is 0 Å². The fraction of sp³-hybridized carbons (Fsp3) is 0.333. The van der Waals surface area contributed by atoms with Crippen LogP contribution in [0.1, 0.15) is 33.3 Å². The van der Waals surface area contributed by atoms with Gasteiger partial charge < -0.3 is 10.4 Å². The van der Waals surface area contributed by atoms with Gasteiger partial charge in [0.25, 0.3) is 5.91 Å². The van der Waals surface area contributed by atoms with Gasteiger partial charge in [-0.05, 0) is 11.6 Å². The van der Waals surface area contributed by atoms with Gasteiger partial charge in [0.15, 0.2) is 5.69 Å². The van der Waals surface area contributed by atoms with Gasteiger partial charge in [0, 0.05) is 13.6 Å². The van der Waals surface area contributed by atoms with Gasteiger partial charge in [-0.15, -0.1) is 0 Å². The Bertz CT molecular complexity index is 797. The van der Waals surface area contributed by atoms with Gasteiger partial charge in [-0.25, -0.2) is 0 Å². The highest BCUT2D eigenvalue weighted by atomic mass is 19.4. The first-order valence-electron chi connectivity index (χ1n) is 7.14. The molecule has 0 aliphatic heterocycles. The average Bonchev–Trinajstić information content (AvgIpc) is 2.93. The van der Waals surface area contributed by atoms with Crippen LogP contribution in [0, 0.1) is 0 Å². The zero-order valence-corrected chi connectivity index (χ0v) is 13.2. The van der Waals surface area contributed by atoms with Gasteiger partial charge in [0.1, 0.15) is 0 Å². The van der Waals surface area contributed by atoms with Crippen molar-refractivity contribution >= 4 is 5.91 Å². The third-order valence-corrected chi connectivity index (χ3v) is 3.53. The van der Waals surface area contributed by atoms with Gasteiger partial charge in [-0.2, -0.15) is 31.4 Å². The lowest BCUT2D eigenvalue weighted by Crippen LogP contribution is -2.31. The number of hydrogen-bond donors (Lipinski definition) is 2. The molecule has 1 amide bonds. The van der Waals surface area contributed by atoms with E-state index in [1.165, 1.54) is 6.07 Å². The Morgan fingerprint density at radius 3 is 2.38 bits per heavy atom. The molecule has 1 aromatic carbocycles. The summed E-state index contributed by atoms with van der Waals surface area (Å²) in [7, 11) is 0.994. The first-order valence-corrected chi connectivity index (χ1v) is 7.14. The van der Waals surface area contributed by atoms with Gasteiger partial charge in [-0.1, -0.05) is 18.2 Å². The van der Waals surface area contributed by atoms with Crippen LogP contribution in [0.4, 0.5) is 26.3 Å². The number of halogens is 6. The van der Waals surface area contributed by atoms with Crippen LogP contribution < -0.4 is 5.32 Å². The van der Waals surface area contributed by atoms with Crippen LogP contribution in [0.15, 0.2) is 30.5 Å². The highest BCUT2D eigenvalue weighted by Gasteiger charge is 2.39. The van der Waals surface area contributed by atoms with Crippen molar-refractivity contribution in [2.24, 2.45) is 7.05 Å². The van der Waals surface area contributed by atoms with Crippen LogP contribution in [0.3, 0.4) is 0 Å². The highest BCUT2D eigenvalue weighted by molar-refractivity contribution is 5.95. The quantitative estimate of drug-likeness (QED) is 0.801. The third kappa shape index (κ3) is 4.15. The SMILES string of the molecule is Cn1ncc(C(=O)NCC(O)c2ccccc2C(F)(F)F)c1C(F)(F)F. The molecule has 2 N–H and O–H groups in total. The second-order valence-corrected chi connectivity index (χ2v) is 5.34. The van der Waals surface area contributed by atoms with Crippen molar-refractivity contribution in [1.82, 2.24) is 15.1 Å². The molecule has 26 heavy (non-hydrogen) atoms. The molecule has 0 spiro atoms. The van der Waals surface area contributed by atoms with Gasteiger partial charge in [-0.3, -0.25) is 9.48 Å². The summed E-state index contributed by atoms with van der Waals surface area (Å²) in [6, 6.07) is 4.16. The monoisotopic (exact) mass is 381 g/mol. The summed E-state index contributed by atoms with van der Waals surface area (Å²) in [5, 5.41) is 15.3. The van der Waals surface area contributed by atoms with E-state index in [4.69, 9.17) is 0 Å². The van der Waals surface area contributed by atoms with E-state index in [2.05, 4.69) is 5.10 Å². The number of carbonyl (C=O) groups excluding carboxylic acids is 1. The molecule has 0 aliphatic carbocycles. The number of nitrogens with zero attached hydrogens (tertiary/aromatic N) is 2. The van der Waals surface area contributed by atoms with Crippen molar-refractivity contribution in [2.45, 2.75) is 18.5 Å². The molecule has 1 atom stereocenters. The maximum Gasteiger partial charge on any atom is 0.433 e. The minimum atomic E-state index is -4.85. The Labute approximate surface area is 143 Å². The number of nitrogens with one attached hydrogen (secondary N) is 1. The largest absolute Gasteiger partial charge is 0.433 e. The molecule has 1 heterocycles. The van der Waals surface area contributed by atoms with Gasteiger partial charge >= 0.3 is 12.4 Å². The lowest BCUT2D eigenvalue weighted by atomic mass is 10.0. The number of rotatable bonds is 4. The molecule has 11 heteroatoms. The lowest BCUT2D eigenvalue weighted by molar-refractivity contribution is -0.144. The molecular weight excluding hydrogens is 368 g/mol. The van der Waals surface area contributed by atoms with Crippen molar-refractivity contribution in [3.8, 4) is 0 Å². The van der Waals surface area contributed by atoms with Crippen LogP contribution in [0.5, 0.6) is 0 Å². The molecule has 2 rings (SSSR count). The summed E-state index contributed by atoms with van der Waals surface area (Å²) in [4.78, 5) is 11.9. The Morgan fingerprint density at radius 1 is 1.19 bits per heavy atom. The topological polar surface area (TPSA) is 67.2 Å². The standard InChI is InChI=1S/C15H13F6N3O2/c1-24-12(15(19,20)21)9(6-23-24)13(26)22-7-11(25)8-4-2-3-5-10(8)14(16,17)18/h2-6,11,25H,7H2,1H3,(H,22,26). The Kier molecular flexibility index (Phi) is 5.31. The first-order chi connectivity index (χ1) is 11.9. The molecule has 0 saturated carbocycles. The maximum absolute atomic E-state index is 12.9. The maximum atomic E-state index is 12.9. The molecule has 2 aromatic rings. The van der Waals surface area contributed by atoms with Crippen molar-refractivity contribution in [3.63, 3.8) is 0 Å². The number of aliphatic hydroxyl groups excluding tert-OH is 1. The Balaban J connectivity index is 2.17. The van der Waals surface area contributed by atoms with Crippen molar-refractivity contribution < 1.29 is 36.2 Å². The van der Waals surface area contributed by atoms with Crippen molar-refractivity contribution in [3.05, 3.63) is 52.8 Å². The van der Waals surface area contributed by atoms with Gasteiger partial charge in [0.2, 0.25) is 0 Å². The predicted octanol–water partition coefficient (Wildman–Crippen LogP) is 2.92. The third-order valence-electron chi connectivity index (χ3n) is 3.53. The summed E-state index contributed by atoms with van der Waals surface area (Å²) < 4.78 is 78.0. The summed E-state index contributed by atoms with van der Waals surface area (Å²) in [5.41, 5.74) is -3.70. The highest BCUT2D eigenvalue weighted by Crippen LogP contribution is 2.34. The molecule has 1 unspecified atom stereocenters. The van der Waals surface area contributed by atoms with Crippen LogP contribution in [0.2, 0.25) is 0 Å². The molecule has 5 nitrogen and oxygen atoms in total. The van der Waals surface area contributed by atoms with E-state index in [0.717, 1.165) is 25.2 Å². The Morgan fingerprint density at radius 2 is 1.81 bits per heavy atom. The molecule has 142 valence electrons. The molecule has 1 aromatic heterocycles. The average molecular weight is 381 g/mol. The number of amides is 1. The number of aryl methyl sites for hydroxylation is 1. The smallest absolute Gasteiger partial charge is 0.387 e. The normalized spacial score (nSPS) is 13.5. The Hall–Kier alpha value is -2.56. The summed E-state index contributed by atoms with van der Waals surface area (Å²) >= 11 is 0. The molecule has 0 aliphatic rings. The molecule has 0 fully saturated rings. The van der Waals surface area contributed by atoms with E-state index in [-0.39, 0.29) is 0 Å². The van der Waals surface area contributed by atoms with E-state index in [1.807, 2.05) is 5.32 Å². The molecule has 0 radical (unpaired) electrons. The van der Waals surface area contributed by atoms with Crippen molar-refractivity contribution in [2.75, 3.05) is 6.54 Å². The molecule has 0 saturated heterocycles. The second-order valence-electron chi connectivity index (χ2n) is 5.34. The lowest BCUT2D eigenvalue weighted by Gasteiger charge is -2.18. The van der Waals surface area contributed by atoms with E-state index in [0.29, 0.717) is 10.9 Å². The zero-order chi connectivity index (χ0) is 19.7. The zero-order valence-electron chi connectivity index (χ0n) is 13.2. The molecule has 0 bridgehead atoms. The van der Waals surface area contributed by atoms with Crippen LogP contribution in [0.25, 0.3) is 0 Å². The van der Waals surface area contributed by atoms with E-state index < -0.39 is 53.3 Å². The van der Waals surface area contributed by atoms with Crippen molar-refractivity contribution in [1.29, 1.82) is 0 Å². The number of aliphatic hydroxyl groups is 1. The van der Waals surface area contributed by atoms with Crippen LogP contribution in [-0.2, 0) is 19.4 Å². The first kappa shape index (κ1) is 19.8. The van der Waals surface area contributed by atoms with Crippen LogP contribution in [-0.4, -0.2) is 27.3 Å². The minimum absolute atomic E-state index is 0.463. The minimum Gasteiger partial charge on any atom is -0.387 e. The van der Waals surface area contributed by atoms with E-state index >= 15 is 0 Å².